The van der Waals surface area contributed by atoms with Crippen LogP contribution < -0.4 is 10.6 Å². The third kappa shape index (κ3) is 4.47. The predicted octanol–water partition coefficient (Wildman–Crippen LogP) is 2.80. The van der Waals surface area contributed by atoms with Crippen LogP contribution in [0.4, 0.5) is 10.1 Å². The Labute approximate surface area is 149 Å². The molecule has 2 amide bonds. The predicted molar refractivity (Wildman–Crippen MR) is 94.0 cm³/mol. The summed E-state index contributed by atoms with van der Waals surface area (Å²) in [5, 5.41) is 5.33. The number of pyridine rings is 2. The van der Waals surface area contributed by atoms with Crippen LogP contribution in [0, 0.1) is 5.82 Å². The van der Waals surface area contributed by atoms with Gasteiger partial charge in [0.25, 0.3) is 11.8 Å². The summed E-state index contributed by atoms with van der Waals surface area (Å²) in [6, 6.07) is 13.7. The molecule has 26 heavy (non-hydrogen) atoms. The fourth-order valence-corrected chi connectivity index (χ4v) is 2.20. The molecule has 0 radical (unpaired) electrons. The molecule has 0 bridgehead atoms. The first-order valence-electron chi connectivity index (χ1n) is 7.83. The third-order valence-electron chi connectivity index (χ3n) is 3.51. The van der Waals surface area contributed by atoms with E-state index in [0.29, 0.717) is 11.4 Å². The van der Waals surface area contributed by atoms with Gasteiger partial charge in [0.05, 0.1) is 12.2 Å². The van der Waals surface area contributed by atoms with Crippen LogP contribution in [0.25, 0.3) is 0 Å². The van der Waals surface area contributed by atoms with Crippen molar-refractivity contribution in [3.8, 4) is 0 Å². The quantitative estimate of drug-likeness (QED) is 0.741. The van der Waals surface area contributed by atoms with Gasteiger partial charge in [-0.15, -0.1) is 0 Å². The topological polar surface area (TPSA) is 84.0 Å². The molecule has 130 valence electrons. The van der Waals surface area contributed by atoms with E-state index in [1.807, 2.05) is 6.07 Å². The van der Waals surface area contributed by atoms with Crippen LogP contribution in [0.1, 0.15) is 26.5 Å². The molecule has 0 aliphatic heterocycles. The maximum atomic E-state index is 12.9. The number of anilines is 1. The highest BCUT2D eigenvalue weighted by molar-refractivity contribution is 6.05. The van der Waals surface area contributed by atoms with Gasteiger partial charge in [-0.2, -0.15) is 0 Å². The molecule has 0 unspecified atom stereocenters. The highest BCUT2D eigenvalue weighted by Gasteiger charge is 2.12. The average Bonchev–Trinajstić information content (AvgIpc) is 2.69. The summed E-state index contributed by atoms with van der Waals surface area (Å²) < 4.78 is 12.9. The van der Waals surface area contributed by atoms with E-state index in [9.17, 15) is 14.0 Å². The maximum absolute atomic E-state index is 12.9. The van der Waals surface area contributed by atoms with Crippen molar-refractivity contribution in [1.29, 1.82) is 0 Å². The minimum atomic E-state index is -0.419. The van der Waals surface area contributed by atoms with Crippen molar-refractivity contribution in [2.75, 3.05) is 5.32 Å². The smallest absolute Gasteiger partial charge is 0.270 e. The van der Waals surface area contributed by atoms with Crippen molar-refractivity contribution < 1.29 is 14.0 Å². The highest BCUT2D eigenvalue weighted by atomic mass is 19.1. The molecule has 6 nitrogen and oxygen atoms in total. The van der Waals surface area contributed by atoms with Gasteiger partial charge in [0.15, 0.2) is 0 Å². The number of halogens is 1. The van der Waals surface area contributed by atoms with E-state index in [0.717, 1.165) is 0 Å². The van der Waals surface area contributed by atoms with Crippen LogP contribution in [0.2, 0.25) is 0 Å². The van der Waals surface area contributed by atoms with Crippen LogP contribution in [-0.2, 0) is 6.54 Å². The van der Waals surface area contributed by atoms with E-state index in [4.69, 9.17) is 0 Å². The number of hydrogen-bond acceptors (Lipinski definition) is 4. The zero-order valence-electron chi connectivity index (χ0n) is 13.6. The van der Waals surface area contributed by atoms with Crippen molar-refractivity contribution in [2.24, 2.45) is 0 Å². The van der Waals surface area contributed by atoms with E-state index in [1.54, 1.807) is 18.3 Å². The molecule has 0 saturated carbocycles. The SMILES string of the molecule is O=C(Nc1ccc(F)cc1)c1ccnc(C(=O)NCc2ccccn2)c1. The zero-order chi connectivity index (χ0) is 18.4. The second kappa shape index (κ2) is 7.98. The number of hydrogen-bond donors (Lipinski definition) is 2. The first-order chi connectivity index (χ1) is 12.6. The fraction of sp³-hybridized carbons (Fsp3) is 0.0526. The van der Waals surface area contributed by atoms with E-state index in [1.165, 1.54) is 42.6 Å². The fourth-order valence-electron chi connectivity index (χ4n) is 2.20. The number of nitrogens with zero attached hydrogens (tertiary/aromatic N) is 2. The van der Waals surface area contributed by atoms with Crippen molar-refractivity contribution in [2.45, 2.75) is 6.54 Å². The molecule has 0 aliphatic carbocycles. The summed E-state index contributed by atoms with van der Waals surface area (Å²) in [5.41, 5.74) is 1.56. The van der Waals surface area contributed by atoms with E-state index < -0.39 is 17.6 Å². The molecule has 7 heteroatoms. The van der Waals surface area contributed by atoms with E-state index >= 15 is 0 Å². The number of rotatable bonds is 5. The molecule has 0 saturated heterocycles. The van der Waals surface area contributed by atoms with Gasteiger partial charge in [-0.25, -0.2) is 4.39 Å². The molecule has 0 aliphatic rings. The van der Waals surface area contributed by atoms with Gasteiger partial charge < -0.3 is 10.6 Å². The Morgan fingerprint density at radius 2 is 1.73 bits per heavy atom. The standard InChI is InChI=1S/C19H15FN4O2/c20-14-4-6-15(7-5-14)24-18(25)13-8-10-22-17(11-13)19(26)23-12-16-3-1-2-9-21-16/h1-11H,12H2,(H,23,26)(H,24,25). The van der Waals surface area contributed by atoms with Crippen LogP contribution in [0.15, 0.2) is 67.0 Å². The van der Waals surface area contributed by atoms with Gasteiger partial charge in [-0.3, -0.25) is 19.6 Å². The Morgan fingerprint density at radius 3 is 2.46 bits per heavy atom. The molecule has 3 rings (SSSR count). The Kier molecular flexibility index (Phi) is 5.28. The van der Waals surface area contributed by atoms with Crippen LogP contribution in [0.3, 0.4) is 0 Å². The Balaban J connectivity index is 1.66. The molecule has 1 aromatic carbocycles. The number of benzene rings is 1. The lowest BCUT2D eigenvalue weighted by atomic mass is 10.2. The lowest BCUT2D eigenvalue weighted by molar-refractivity contribution is 0.0945. The lowest BCUT2D eigenvalue weighted by Gasteiger charge is -2.07. The molecule has 2 aromatic heterocycles. The van der Waals surface area contributed by atoms with E-state index in [2.05, 4.69) is 20.6 Å². The first-order valence-corrected chi connectivity index (χ1v) is 7.83. The van der Waals surface area contributed by atoms with Crippen molar-refractivity contribution in [3.63, 3.8) is 0 Å². The monoisotopic (exact) mass is 350 g/mol. The molecule has 0 atom stereocenters. The zero-order valence-corrected chi connectivity index (χ0v) is 13.6. The number of amides is 2. The summed E-state index contributed by atoms with van der Waals surface area (Å²) in [4.78, 5) is 32.6. The molecule has 3 aromatic rings. The number of carbonyl (C=O) groups excluding carboxylic acids is 2. The highest BCUT2D eigenvalue weighted by Crippen LogP contribution is 2.11. The Bertz CT molecular complexity index is 914. The van der Waals surface area contributed by atoms with Crippen LogP contribution in [0.5, 0.6) is 0 Å². The van der Waals surface area contributed by atoms with E-state index in [-0.39, 0.29) is 17.8 Å². The molecule has 0 fully saturated rings. The summed E-state index contributed by atoms with van der Waals surface area (Å²) in [6.07, 6.45) is 3.02. The van der Waals surface area contributed by atoms with Gasteiger partial charge in [0, 0.05) is 23.6 Å². The summed E-state index contributed by atoms with van der Waals surface area (Å²) in [7, 11) is 0. The summed E-state index contributed by atoms with van der Waals surface area (Å²) >= 11 is 0. The molecular weight excluding hydrogens is 335 g/mol. The van der Waals surface area contributed by atoms with Gasteiger partial charge in [-0.1, -0.05) is 6.07 Å². The molecule has 2 heterocycles. The number of nitrogens with one attached hydrogen (secondary N) is 2. The molecule has 0 spiro atoms. The number of carbonyl (C=O) groups is 2. The van der Waals surface area contributed by atoms with Crippen molar-refractivity contribution >= 4 is 17.5 Å². The average molecular weight is 350 g/mol. The minimum Gasteiger partial charge on any atom is -0.345 e. The first kappa shape index (κ1) is 17.2. The molecule has 2 N–H and O–H groups in total. The Morgan fingerprint density at radius 1 is 0.923 bits per heavy atom. The minimum absolute atomic E-state index is 0.118. The van der Waals surface area contributed by atoms with Crippen molar-refractivity contribution in [3.05, 3.63) is 89.8 Å². The van der Waals surface area contributed by atoms with Crippen molar-refractivity contribution in [1.82, 2.24) is 15.3 Å². The number of aromatic nitrogens is 2. The lowest BCUT2D eigenvalue weighted by Crippen LogP contribution is -2.24. The summed E-state index contributed by atoms with van der Waals surface area (Å²) in [5.74, 6) is -1.22. The van der Waals surface area contributed by atoms with Crippen LogP contribution >= 0.6 is 0 Å². The third-order valence-corrected chi connectivity index (χ3v) is 3.51. The summed E-state index contributed by atoms with van der Waals surface area (Å²) in [6.45, 7) is 0.257. The van der Waals surface area contributed by atoms with Crippen LogP contribution in [-0.4, -0.2) is 21.8 Å². The maximum Gasteiger partial charge on any atom is 0.270 e. The molecular formula is C19H15FN4O2. The van der Waals surface area contributed by atoms with Gasteiger partial charge in [-0.05, 0) is 48.5 Å². The van der Waals surface area contributed by atoms with Gasteiger partial charge in [0.2, 0.25) is 0 Å². The Hall–Kier alpha value is -3.61. The van der Waals surface area contributed by atoms with Gasteiger partial charge >= 0.3 is 0 Å². The normalized spacial score (nSPS) is 10.2. The second-order valence-electron chi connectivity index (χ2n) is 5.39. The van der Waals surface area contributed by atoms with Gasteiger partial charge in [0.1, 0.15) is 11.5 Å². The second-order valence-corrected chi connectivity index (χ2v) is 5.39. The largest absolute Gasteiger partial charge is 0.345 e.